The SMILES string of the molecule is Cc1cc(S)ccc1-c1ccc(C)c2ccccc12. The van der Waals surface area contributed by atoms with Crippen LogP contribution in [0.3, 0.4) is 0 Å². The van der Waals surface area contributed by atoms with Gasteiger partial charge in [-0.25, -0.2) is 0 Å². The molecule has 0 bridgehead atoms. The van der Waals surface area contributed by atoms with Gasteiger partial charge in [-0.05, 0) is 59.0 Å². The lowest BCUT2D eigenvalue weighted by Gasteiger charge is -2.12. The summed E-state index contributed by atoms with van der Waals surface area (Å²) in [5, 5.41) is 2.65. The van der Waals surface area contributed by atoms with Gasteiger partial charge in [0.25, 0.3) is 0 Å². The largest absolute Gasteiger partial charge is 0.143 e. The molecule has 0 radical (unpaired) electrons. The zero-order valence-corrected chi connectivity index (χ0v) is 12.0. The molecule has 94 valence electrons. The molecular formula is C18H16S. The molecule has 0 amide bonds. The molecule has 0 unspecified atom stereocenters. The van der Waals surface area contributed by atoms with Gasteiger partial charge in [-0.2, -0.15) is 0 Å². The number of aryl methyl sites for hydroxylation is 2. The van der Waals surface area contributed by atoms with Gasteiger partial charge in [0.15, 0.2) is 0 Å². The van der Waals surface area contributed by atoms with Crippen LogP contribution >= 0.6 is 12.6 Å². The smallest absolute Gasteiger partial charge is 0.00430 e. The van der Waals surface area contributed by atoms with Crippen LogP contribution in [0.15, 0.2) is 59.5 Å². The van der Waals surface area contributed by atoms with Crippen LogP contribution in [0.4, 0.5) is 0 Å². The number of hydrogen-bond donors (Lipinski definition) is 1. The van der Waals surface area contributed by atoms with Crippen LogP contribution in [-0.2, 0) is 0 Å². The summed E-state index contributed by atoms with van der Waals surface area (Å²) in [6.45, 7) is 4.31. The molecule has 0 atom stereocenters. The van der Waals surface area contributed by atoms with Gasteiger partial charge in [0.1, 0.15) is 0 Å². The van der Waals surface area contributed by atoms with Gasteiger partial charge in [0.05, 0.1) is 0 Å². The van der Waals surface area contributed by atoms with Crippen LogP contribution in [0.5, 0.6) is 0 Å². The van der Waals surface area contributed by atoms with E-state index in [-0.39, 0.29) is 0 Å². The van der Waals surface area contributed by atoms with Crippen molar-refractivity contribution >= 4 is 23.4 Å². The Morgan fingerprint density at radius 2 is 1.37 bits per heavy atom. The number of thiol groups is 1. The Morgan fingerprint density at radius 3 is 2.11 bits per heavy atom. The molecule has 0 aromatic heterocycles. The second-order valence-corrected chi connectivity index (χ2v) is 5.49. The molecule has 0 nitrogen and oxygen atoms in total. The Kier molecular flexibility index (Phi) is 3.08. The fraction of sp³-hybridized carbons (Fsp3) is 0.111. The third kappa shape index (κ3) is 2.15. The van der Waals surface area contributed by atoms with Gasteiger partial charge in [-0.1, -0.05) is 42.5 Å². The topological polar surface area (TPSA) is 0 Å². The molecule has 0 spiro atoms. The van der Waals surface area contributed by atoms with E-state index >= 15 is 0 Å². The molecule has 3 aromatic rings. The molecule has 0 aliphatic carbocycles. The number of hydrogen-bond acceptors (Lipinski definition) is 1. The molecule has 0 N–H and O–H groups in total. The summed E-state index contributed by atoms with van der Waals surface area (Å²) in [7, 11) is 0. The molecule has 3 aromatic carbocycles. The fourth-order valence-electron chi connectivity index (χ4n) is 2.63. The van der Waals surface area contributed by atoms with Crippen LogP contribution in [-0.4, -0.2) is 0 Å². The summed E-state index contributed by atoms with van der Waals surface area (Å²) in [6, 6.07) is 19.4. The van der Waals surface area contributed by atoms with E-state index in [0.717, 1.165) is 4.90 Å². The molecule has 0 saturated carbocycles. The zero-order valence-electron chi connectivity index (χ0n) is 11.1. The first-order chi connectivity index (χ1) is 9.16. The van der Waals surface area contributed by atoms with Gasteiger partial charge in [-0.15, -0.1) is 12.6 Å². The van der Waals surface area contributed by atoms with Crippen molar-refractivity contribution in [1.82, 2.24) is 0 Å². The fourth-order valence-corrected chi connectivity index (χ4v) is 2.90. The van der Waals surface area contributed by atoms with Crippen LogP contribution in [0.2, 0.25) is 0 Å². The molecule has 0 aliphatic rings. The minimum absolute atomic E-state index is 1.01. The van der Waals surface area contributed by atoms with Crippen LogP contribution in [0.1, 0.15) is 11.1 Å². The predicted octanol–water partition coefficient (Wildman–Crippen LogP) is 5.41. The van der Waals surface area contributed by atoms with Crippen molar-refractivity contribution in [2.24, 2.45) is 0 Å². The highest BCUT2D eigenvalue weighted by Gasteiger charge is 2.07. The zero-order chi connectivity index (χ0) is 13.4. The van der Waals surface area contributed by atoms with Gasteiger partial charge in [0.2, 0.25) is 0 Å². The number of fused-ring (bicyclic) bond motifs is 1. The lowest BCUT2D eigenvalue weighted by Crippen LogP contribution is -1.87. The van der Waals surface area contributed by atoms with E-state index in [4.69, 9.17) is 0 Å². The second-order valence-electron chi connectivity index (χ2n) is 4.97. The minimum atomic E-state index is 1.01. The number of benzene rings is 3. The van der Waals surface area contributed by atoms with Crippen LogP contribution in [0.25, 0.3) is 21.9 Å². The molecular weight excluding hydrogens is 248 g/mol. The minimum Gasteiger partial charge on any atom is -0.143 e. The summed E-state index contributed by atoms with van der Waals surface area (Å²) >= 11 is 4.40. The van der Waals surface area contributed by atoms with Crippen LogP contribution in [0, 0.1) is 13.8 Å². The lowest BCUT2D eigenvalue weighted by molar-refractivity contribution is 1.37. The monoisotopic (exact) mass is 264 g/mol. The predicted molar refractivity (Wildman–Crippen MR) is 86.1 cm³/mol. The Bertz CT molecular complexity index is 757. The highest BCUT2D eigenvalue weighted by Crippen LogP contribution is 2.33. The van der Waals surface area contributed by atoms with Gasteiger partial charge in [-0.3, -0.25) is 0 Å². The van der Waals surface area contributed by atoms with Crippen molar-refractivity contribution < 1.29 is 0 Å². The Morgan fingerprint density at radius 1 is 0.684 bits per heavy atom. The molecule has 1 heteroatoms. The van der Waals surface area contributed by atoms with Gasteiger partial charge >= 0.3 is 0 Å². The van der Waals surface area contributed by atoms with E-state index < -0.39 is 0 Å². The van der Waals surface area contributed by atoms with E-state index in [1.54, 1.807) is 0 Å². The van der Waals surface area contributed by atoms with Crippen molar-refractivity contribution in [3.05, 3.63) is 65.7 Å². The quantitative estimate of drug-likeness (QED) is 0.558. The highest BCUT2D eigenvalue weighted by atomic mass is 32.1. The van der Waals surface area contributed by atoms with E-state index in [1.165, 1.54) is 33.0 Å². The first kappa shape index (κ1) is 12.3. The molecule has 0 aliphatic heterocycles. The van der Waals surface area contributed by atoms with E-state index in [2.05, 4.69) is 81.1 Å². The van der Waals surface area contributed by atoms with Crippen molar-refractivity contribution in [2.45, 2.75) is 18.7 Å². The van der Waals surface area contributed by atoms with E-state index in [9.17, 15) is 0 Å². The average molecular weight is 264 g/mol. The van der Waals surface area contributed by atoms with E-state index in [0.29, 0.717) is 0 Å². The first-order valence-corrected chi connectivity index (χ1v) is 6.90. The Hall–Kier alpha value is -1.73. The molecule has 0 fully saturated rings. The summed E-state index contributed by atoms with van der Waals surface area (Å²) in [5.41, 5.74) is 5.17. The molecule has 0 heterocycles. The van der Waals surface area contributed by atoms with Crippen molar-refractivity contribution in [3.8, 4) is 11.1 Å². The number of rotatable bonds is 1. The second kappa shape index (κ2) is 4.75. The Balaban J connectivity index is 2.34. The van der Waals surface area contributed by atoms with Crippen molar-refractivity contribution in [3.63, 3.8) is 0 Å². The van der Waals surface area contributed by atoms with Gasteiger partial charge < -0.3 is 0 Å². The third-order valence-corrected chi connectivity index (χ3v) is 3.92. The maximum absolute atomic E-state index is 4.40. The molecule has 19 heavy (non-hydrogen) atoms. The first-order valence-electron chi connectivity index (χ1n) is 6.45. The van der Waals surface area contributed by atoms with Crippen molar-refractivity contribution in [1.29, 1.82) is 0 Å². The normalized spacial score (nSPS) is 10.9. The summed E-state index contributed by atoms with van der Waals surface area (Å²) in [5.74, 6) is 0. The highest BCUT2D eigenvalue weighted by molar-refractivity contribution is 7.80. The van der Waals surface area contributed by atoms with E-state index in [1.807, 2.05) is 0 Å². The van der Waals surface area contributed by atoms with Crippen LogP contribution < -0.4 is 0 Å². The summed E-state index contributed by atoms with van der Waals surface area (Å²) in [6.07, 6.45) is 0. The summed E-state index contributed by atoms with van der Waals surface area (Å²) in [4.78, 5) is 1.01. The third-order valence-electron chi connectivity index (χ3n) is 3.64. The molecule has 3 rings (SSSR count). The average Bonchev–Trinajstić information content (AvgIpc) is 2.41. The standard InChI is InChI=1S/C18H16S/c1-12-7-9-18(17-6-4-3-5-15(12)17)16-10-8-14(19)11-13(16)2/h3-11,19H,1-2H3. The summed E-state index contributed by atoms with van der Waals surface area (Å²) < 4.78 is 0. The lowest BCUT2D eigenvalue weighted by atomic mass is 9.93. The van der Waals surface area contributed by atoms with Crippen molar-refractivity contribution in [2.75, 3.05) is 0 Å². The maximum Gasteiger partial charge on any atom is 0.00430 e. The Labute approximate surface area is 119 Å². The maximum atomic E-state index is 4.40. The molecule has 0 saturated heterocycles. The van der Waals surface area contributed by atoms with Gasteiger partial charge in [0, 0.05) is 4.90 Å².